The Morgan fingerprint density at radius 1 is 1.30 bits per heavy atom. The van der Waals surface area contributed by atoms with Crippen molar-refractivity contribution >= 4 is 5.96 Å². The van der Waals surface area contributed by atoms with E-state index in [-0.39, 0.29) is 0 Å². The van der Waals surface area contributed by atoms with Gasteiger partial charge in [-0.25, -0.2) is 0 Å². The molecule has 23 heavy (non-hydrogen) atoms. The molecule has 1 atom stereocenters. The molecule has 1 heterocycles. The normalized spacial score (nSPS) is 19.5. The minimum atomic E-state index is 0.621. The Kier molecular flexibility index (Phi) is 11.0. The van der Waals surface area contributed by atoms with Crippen LogP contribution in [0.15, 0.2) is 4.99 Å². The Balaban J connectivity index is 2.26. The maximum Gasteiger partial charge on any atom is 0.191 e. The van der Waals surface area contributed by atoms with Crippen LogP contribution in [0.3, 0.4) is 0 Å². The van der Waals surface area contributed by atoms with Crippen LogP contribution in [-0.4, -0.2) is 88.4 Å². The third kappa shape index (κ3) is 8.53. The fraction of sp³-hybridized carbons (Fsp3) is 0.941. The Morgan fingerprint density at radius 2 is 2.13 bits per heavy atom. The minimum absolute atomic E-state index is 0.621. The zero-order chi connectivity index (χ0) is 16.9. The molecule has 2 N–H and O–H groups in total. The van der Waals surface area contributed by atoms with Crippen LogP contribution in [0, 0.1) is 0 Å². The average molecular weight is 328 g/mol. The summed E-state index contributed by atoms with van der Waals surface area (Å²) < 4.78 is 5.10. The van der Waals surface area contributed by atoms with Crippen molar-refractivity contribution in [2.24, 2.45) is 4.99 Å². The largest absolute Gasteiger partial charge is 0.383 e. The predicted octanol–water partition coefficient (Wildman–Crippen LogP) is 0.994. The summed E-state index contributed by atoms with van der Waals surface area (Å²) in [6, 6.07) is 0.621. The Bertz CT molecular complexity index is 324. The molecule has 0 amide bonds. The smallest absolute Gasteiger partial charge is 0.191 e. The molecule has 1 fully saturated rings. The predicted molar refractivity (Wildman–Crippen MR) is 98.2 cm³/mol. The number of hydrogen-bond donors (Lipinski definition) is 2. The van der Waals surface area contributed by atoms with Gasteiger partial charge in [0, 0.05) is 32.8 Å². The standard InChI is InChI=1S/C17H37N5O/c1-5-18-17(19-10-8-11-21(3)13-14-23-4)20-15-16-9-7-12-22(16)6-2/h16H,5-15H2,1-4H3,(H2,18,19,20). The van der Waals surface area contributed by atoms with Crippen molar-refractivity contribution < 1.29 is 4.74 Å². The van der Waals surface area contributed by atoms with Gasteiger partial charge in [-0.05, 0) is 52.9 Å². The van der Waals surface area contributed by atoms with Gasteiger partial charge in [-0.1, -0.05) is 6.92 Å². The molecule has 0 aliphatic carbocycles. The van der Waals surface area contributed by atoms with E-state index >= 15 is 0 Å². The fourth-order valence-corrected chi connectivity index (χ4v) is 2.97. The highest BCUT2D eigenvalue weighted by molar-refractivity contribution is 5.79. The van der Waals surface area contributed by atoms with Gasteiger partial charge in [-0.2, -0.15) is 0 Å². The van der Waals surface area contributed by atoms with E-state index < -0.39 is 0 Å². The van der Waals surface area contributed by atoms with Gasteiger partial charge in [-0.15, -0.1) is 0 Å². The summed E-state index contributed by atoms with van der Waals surface area (Å²) in [5.74, 6) is 0.954. The van der Waals surface area contributed by atoms with Crippen LogP contribution in [0.25, 0.3) is 0 Å². The Labute approximate surface area is 142 Å². The lowest BCUT2D eigenvalue weighted by atomic mass is 10.2. The summed E-state index contributed by atoms with van der Waals surface area (Å²) in [5, 5.41) is 6.80. The third-order valence-electron chi connectivity index (χ3n) is 4.40. The van der Waals surface area contributed by atoms with Crippen LogP contribution in [0.4, 0.5) is 0 Å². The van der Waals surface area contributed by atoms with Crippen LogP contribution >= 0.6 is 0 Å². The molecular weight excluding hydrogens is 290 g/mol. The molecule has 0 aromatic rings. The fourth-order valence-electron chi connectivity index (χ4n) is 2.97. The van der Waals surface area contributed by atoms with Gasteiger partial charge >= 0.3 is 0 Å². The number of methoxy groups -OCH3 is 1. The Hall–Kier alpha value is -0.850. The highest BCUT2D eigenvalue weighted by atomic mass is 16.5. The van der Waals surface area contributed by atoms with E-state index in [0.717, 1.165) is 58.3 Å². The zero-order valence-corrected chi connectivity index (χ0v) is 15.6. The second-order valence-electron chi connectivity index (χ2n) is 6.22. The van der Waals surface area contributed by atoms with E-state index in [1.807, 2.05) is 0 Å². The van der Waals surface area contributed by atoms with Crippen molar-refractivity contribution in [3.63, 3.8) is 0 Å². The van der Waals surface area contributed by atoms with Crippen LogP contribution in [0.2, 0.25) is 0 Å². The zero-order valence-electron chi connectivity index (χ0n) is 15.6. The lowest BCUT2D eigenvalue weighted by Crippen LogP contribution is -2.40. The molecular formula is C17H37N5O. The van der Waals surface area contributed by atoms with Gasteiger partial charge in [0.25, 0.3) is 0 Å². The third-order valence-corrected chi connectivity index (χ3v) is 4.40. The molecule has 6 heteroatoms. The van der Waals surface area contributed by atoms with Gasteiger partial charge in [0.1, 0.15) is 0 Å². The first kappa shape index (κ1) is 20.2. The second kappa shape index (κ2) is 12.6. The van der Waals surface area contributed by atoms with E-state index in [4.69, 9.17) is 9.73 Å². The first-order chi connectivity index (χ1) is 11.2. The monoisotopic (exact) mass is 327 g/mol. The van der Waals surface area contributed by atoms with E-state index in [9.17, 15) is 0 Å². The number of aliphatic imine (C=N–C) groups is 1. The maximum absolute atomic E-state index is 5.10. The first-order valence-corrected chi connectivity index (χ1v) is 9.14. The molecule has 0 aromatic heterocycles. The van der Waals surface area contributed by atoms with Crippen LogP contribution in [0.1, 0.15) is 33.1 Å². The van der Waals surface area contributed by atoms with Crippen molar-refractivity contribution in [1.82, 2.24) is 20.4 Å². The summed E-state index contributed by atoms with van der Waals surface area (Å²) >= 11 is 0. The van der Waals surface area contributed by atoms with Crippen molar-refractivity contribution in [3.8, 4) is 0 Å². The Morgan fingerprint density at radius 3 is 2.83 bits per heavy atom. The number of guanidine groups is 1. The molecule has 136 valence electrons. The molecule has 1 aliphatic rings. The summed E-state index contributed by atoms with van der Waals surface area (Å²) in [6.45, 7) is 12.3. The number of rotatable bonds is 11. The molecule has 1 rings (SSSR count). The van der Waals surface area contributed by atoms with Crippen LogP contribution in [-0.2, 0) is 4.74 Å². The van der Waals surface area contributed by atoms with Gasteiger partial charge in [-0.3, -0.25) is 9.89 Å². The van der Waals surface area contributed by atoms with E-state index in [1.54, 1.807) is 7.11 Å². The van der Waals surface area contributed by atoms with Crippen molar-refractivity contribution in [2.45, 2.75) is 39.2 Å². The van der Waals surface area contributed by atoms with Gasteiger partial charge in [0.2, 0.25) is 0 Å². The number of nitrogens with zero attached hydrogens (tertiary/aromatic N) is 3. The first-order valence-electron chi connectivity index (χ1n) is 9.14. The number of nitrogens with one attached hydrogen (secondary N) is 2. The summed E-state index contributed by atoms with van der Waals surface area (Å²) in [7, 11) is 3.89. The maximum atomic E-state index is 5.10. The molecule has 0 saturated carbocycles. The lowest BCUT2D eigenvalue weighted by molar-refractivity contribution is 0.161. The number of likely N-dealkylation sites (N-methyl/N-ethyl adjacent to an activating group) is 2. The van der Waals surface area contributed by atoms with E-state index in [2.05, 4.69) is 41.3 Å². The molecule has 6 nitrogen and oxygen atoms in total. The summed E-state index contributed by atoms with van der Waals surface area (Å²) in [4.78, 5) is 9.62. The van der Waals surface area contributed by atoms with Crippen molar-refractivity contribution in [3.05, 3.63) is 0 Å². The van der Waals surface area contributed by atoms with Crippen molar-refractivity contribution in [2.75, 3.05) is 66.6 Å². The SMILES string of the molecule is CCNC(=NCC1CCCN1CC)NCCCN(C)CCOC. The topological polar surface area (TPSA) is 52.1 Å². The second-order valence-corrected chi connectivity index (χ2v) is 6.22. The summed E-state index contributed by atoms with van der Waals surface area (Å²) in [6.07, 6.45) is 3.70. The molecule has 1 aliphatic heterocycles. The van der Waals surface area contributed by atoms with Gasteiger partial charge < -0.3 is 20.3 Å². The van der Waals surface area contributed by atoms with E-state index in [0.29, 0.717) is 6.04 Å². The molecule has 0 radical (unpaired) electrons. The van der Waals surface area contributed by atoms with Gasteiger partial charge in [0.15, 0.2) is 5.96 Å². The van der Waals surface area contributed by atoms with E-state index in [1.165, 1.54) is 19.4 Å². The molecule has 0 aromatic carbocycles. The van der Waals surface area contributed by atoms with Crippen molar-refractivity contribution in [1.29, 1.82) is 0 Å². The minimum Gasteiger partial charge on any atom is -0.383 e. The molecule has 0 bridgehead atoms. The summed E-state index contributed by atoms with van der Waals surface area (Å²) in [5.41, 5.74) is 0. The number of hydrogen-bond acceptors (Lipinski definition) is 4. The number of ether oxygens (including phenoxy) is 1. The number of likely N-dealkylation sites (tertiary alicyclic amines) is 1. The van der Waals surface area contributed by atoms with Crippen LogP contribution < -0.4 is 10.6 Å². The van der Waals surface area contributed by atoms with Gasteiger partial charge in [0.05, 0.1) is 13.2 Å². The molecule has 1 saturated heterocycles. The lowest BCUT2D eigenvalue weighted by Gasteiger charge is -2.21. The highest BCUT2D eigenvalue weighted by Crippen LogP contribution is 2.16. The van der Waals surface area contributed by atoms with Crippen LogP contribution in [0.5, 0.6) is 0 Å². The average Bonchev–Trinajstić information content (AvgIpc) is 3.02. The molecule has 0 spiro atoms. The quantitative estimate of drug-likeness (QED) is 0.337. The molecule has 1 unspecified atom stereocenters. The highest BCUT2D eigenvalue weighted by Gasteiger charge is 2.22.